The second kappa shape index (κ2) is 5.64. The fraction of sp³-hybridized carbons (Fsp3) is 0.0769. The lowest BCUT2D eigenvalue weighted by Gasteiger charge is -2.05. The Hall–Kier alpha value is -1.88. The summed E-state index contributed by atoms with van der Waals surface area (Å²) in [4.78, 5) is 14.7. The number of pyridine rings is 1. The summed E-state index contributed by atoms with van der Waals surface area (Å²) in [5.41, 5.74) is 2.72. The molecule has 0 unspecified atom stereocenters. The van der Waals surface area contributed by atoms with Crippen molar-refractivity contribution in [1.29, 1.82) is 0 Å². The topological polar surface area (TPSA) is 62.2 Å². The lowest BCUT2D eigenvalue weighted by Crippen LogP contribution is -2.19. The van der Waals surface area contributed by atoms with Crippen molar-refractivity contribution in [3.63, 3.8) is 0 Å². The van der Waals surface area contributed by atoms with Crippen molar-refractivity contribution in [3.8, 4) is 11.3 Å². The molecule has 1 aromatic heterocycles. The van der Waals surface area contributed by atoms with Crippen LogP contribution in [0.5, 0.6) is 0 Å². The number of rotatable bonds is 3. The Labute approximate surface area is 113 Å². The maximum atomic E-state index is 10.4. The molecule has 4 nitrogen and oxygen atoms in total. The second-order valence-corrected chi connectivity index (χ2v) is 4.64. The Morgan fingerprint density at radius 1 is 1.33 bits per heavy atom. The van der Waals surface area contributed by atoms with Crippen LogP contribution in [0.25, 0.3) is 11.3 Å². The SMILES string of the molecule is O=C(O)NCc1cccc(-c2ccc(Br)cn2)c1. The molecule has 5 heteroatoms. The van der Waals surface area contributed by atoms with E-state index in [1.807, 2.05) is 36.4 Å². The molecule has 0 bridgehead atoms. The van der Waals surface area contributed by atoms with Crippen molar-refractivity contribution in [2.24, 2.45) is 0 Å². The molecule has 2 rings (SSSR count). The number of carbonyl (C=O) groups is 1. The Morgan fingerprint density at radius 3 is 2.83 bits per heavy atom. The van der Waals surface area contributed by atoms with Gasteiger partial charge in [0.1, 0.15) is 0 Å². The third-order valence-electron chi connectivity index (χ3n) is 2.39. The first-order valence-electron chi connectivity index (χ1n) is 5.33. The molecule has 1 amide bonds. The maximum Gasteiger partial charge on any atom is 0.404 e. The normalized spacial score (nSPS) is 10.1. The van der Waals surface area contributed by atoms with E-state index < -0.39 is 6.09 Å². The summed E-state index contributed by atoms with van der Waals surface area (Å²) in [6.07, 6.45) is 0.708. The molecule has 0 atom stereocenters. The summed E-state index contributed by atoms with van der Waals surface area (Å²) in [5, 5.41) is 10.9. The largest absolute Gasteiger partial charge is 0.465 e. The van der Waals surface area contributed by atoms with Crippen molar-refractivity contribution < 1.29 is 9.90 Å². The smallest absolute Gasteiger partial charge is 0.404 e. The number of nitrogens with zero attached hydrogens (tertiary/aromatic N) is 1. The van der Waals surface area contributed by atoms with Gasteiger partial charge in [-0.3, -0.25) is 4.98 Å². The van der Waals surface area contributed by atoms with Gasteiger partial charge in [0.25, 0.3) is 0 Å². The van der Waals surface area contributed by atoms with Gasteiger partial charge in [0.05, 0.1) is 5.69 Å². The molecule has 2 aromatic rings. The highest BCUT2D eigenvalue weighted by Crippen LogP contribution is 2.19. The first-order valence-corrected chi connectivity index (χ1v) is 6.12. The number of benzene rings is 1. The molecule has 0 aliphatic heterocycles. The lowest BCUT2D eigenvalue weighted by molar-refractivity contribution is 0.194. The van der Waals surface area contributed by atoms with E-state index in [2.05, 4.69) is 26.2 Å². The van der Waals surface area contributed by atoms with Gasteiger partial charge in [-0.1, -0.05) is 18.2 Å². The molecular formula is C13H11BrN2O2. The van der Waals surface area contributed by atoms with Gasteiger partial charge in [-0.2, -0.15) is 0 Å². The minimum absolute atomic E-state index is 0.291. The van der Waals surface area contributed by atoms with Gasteiger partial charge >= 0.3 is 6.09 Å². The van der Waals surface area contributed by atoms with Crippen LogP contribution in [0, 0.1) is 0 Å². The zero-order valence-corrected chi connectivity index (χ0v) is 11.0. The second-order valence-electron chi connectivity index (χ2n) is 3.72. The number of amides is 1. The number of carboxylic acid groups (broad SMARTS) is 1. The van der Waals surface area contributed by atoms with Crippen molar-refractivity contribution in [2.75, 3.05) is 0 Å². The van der Waals surface area contributed by atoms with E-state index in [0.29, 0.717) is 6.54 Å². The average Bonchev–Trinajstić information content (AvgIpc) is 2.37. The molecular weight excluding hydrogens is 296 g/mol. The van der Waals surface area contributed by atoms with E-state index >= 15 is 0 Å². The first-order chi connectivity index (χ1) is 8.65. The van der Waals surface area contributed by atoms with Crippen LogP contribution in [0.2, 0.25) is 0 Å². The number of halogens is 1. The van der Waals surface area contributed by atoms with Crippen molar-refractivity contribution in [2.45, 2.75) is 6.54 Å². The van der Waals surface area contributed by atoms with Gasteiger partial charge in [-0.25, -0.2) is 4.79 Å². The molecule has 0 fully saturated rings. The highest BCUT2D eigenvalue weighted by molar-refractivity contribution is 9.10. The van der Waals surface area contributed by atoms with E-state index in [4.69, 9.17) is 5.11 Å². The Balaban J connectivity index is 2.21. The maximum absolute atomic E-state index is 10.4. The van der Waals surface area contributed by atoms with Gasteiger partial charge in [-0.05, 0) is 39.7 Å². The van der Waals surface area contributed by atoms with E-state index in [0.717, 1.165) is 21.3 Å². The van der Waals surface area contributed by atoms with Crippen LogP contribution in [0.4, 0.5) is 4.79 Å². The molecule has 0 aliphatic carbocycles. The highest BCUT2D eigenvalue weighted by atomic mass is 79.9. The van der Waals surface area contributed by atoms with Crippen LogP contribution in [-0.2, 0) is 6.54 Å². The van der Waals surface area contributed by atoms with E-state index in [1.54, 1.807) is 6.20 Å². The quantitative estimate of drug-likeness (QED) is 0.914. The zero-order chi connectivity index (χ0) is 13.0. The molecule has 0 saturated heterocycles. The van der Waals surface area contributed by atoms with Crippen LogP contribution in [0.3, 0.4) is 0 Å². The number of nitrogens with one attached hydrogen (secondary N) is 1. The van der Waals surface area contributed by atoms with Gasteiger partial charge in [0, 0.05) is 22.8 Å². The summed E-state index contributed by atoms with van der Waals surface area (Å²) in [5.74, 6) is 0. The summed E-state index contributed by atoms with van der Waals surface area (Å²) < 4.78 is 0.926. The molecule has 1 heterocycles. The fourth-order valence-electron chi connectivity index (χ4n) is 1.56. The van der Waals surface area contributed by atoms with Crippen LogP contribution in [0.15, 0.2) is 47.1 Å². The van der Waals surface area contributed by atoms with E-state index in [-0.39, 0.29) is 0 Å². The predicted molar refractivity (Wildman–Crippen MR) is 72.2 cm³/mol. The fourth-order valence-corrected chi connectivity index (χ4v) is 1.80. The standard InChI is InChI=1S/C13H11BrN2O2/c14-11-4-5-12(15-8-11)10-3-1-2-9(6-10)7-16-13(17)18/h1-6,8,16H,7H2,(H,17,18). The van der Waals surface area contributed by atoms with Crippen LogP contribution in [0.1, 0.15) is 5.56 Å². The van der Waals surface area contributed by atoms with Gasteiger partial charge in [0.15, 0.2) is 0 Å². The van der Waals surface area contributed by atoms with Crippen LogP contribution in [-0.4, -0.2) is 16.2 Å². The Bertz CT molecular complexity index is 555. The molecule has 18 heavy (non-hydrogen) atoms. The van der Waals surface area contributed by atoms with Crippen LogP contribution < -0.4 is 5.32 Å². The lowest BCUT2D eigenvalue weighted by atomic mass is 10.1. The van der Waals surface area contributed by atoms with E-state index in [9.17, 15) is 4.79 Å². The highest BCUT2D eigenvalue weighted by Gasteiger charge is 2.02. The van der Waals surface area contributed by atoms with Crippen LogP contribution >= 0.6 is 15.9 Å². The number of hydrogen-bond donors (Lipinski definition) is 2. The van der Waals surface area contributed by atoms with E-state index in [1.165, 1.54) is 0 Å². The number of hydrogen-bond acceptors (Lipinski definition) is 2. The summed E-state index contributed by atoms with van der Waals surface area (Å²) >= 11 is 3.34. The zero-order valence-electron chi connectivity index (χ0n) is 9.43. The minimum atomic E-state index is -1.03. The third-order valence-corrected chi connectivity index (χ3v) is 2.86. The van der Waals surface area contributed by atoms with Gasteiger partial charge < -0.3 is 10.4 Å². The predicted octanol–water partition coefficient (Wildman–Crippen LogP) is 3.28. The average molecular weight is 307 g/mol. The van der Waals surface area contributed by atoms with Gasteiger partial charge in [-0.15, -0.1) is 0 Å². The molecule has 0 radical (unpaired) electrons. The first kappa shape index (κ1) is 12.6. The molecule has 1 aromatic carbocycles. The third kappa shape index (κ3) is 3.30. The summed E-state index contributed by atoms with van der Waals surface area (Å²) in [7, 11) is 0. The minimum Gasteiger partial charge on any atom is -0.465 e. The Morgan fingerprint density at radius 2 is 2.17 bits per heavy atom. The monoisotopic (exact) mass is 306 g/mol. The molecule has 92 valence electrons. The molecule has 0 aliphatic rings. The van der Waals surface area contributed by atoms with Crippen molar-refractivity contribution in [3.05, 3.63) is 52.6 Å². The molecule has 0 spiro atoms. The summed E-state index contributed by atoms with van der Waals surface area (Å²) in [6.45, 7) is 0.291. The molecule has 2 N–H and O–H groups in total. The van der Waals surface area contributed by atoms with Gasteiger partial charge in [0.2, 0.25) is 0 Å². The van der Waals surface area contributed by atoms with Crippen molar-refractivity contribution in [1.82, 2.24) is 10.3 Å². The number of aromatic nitrogens is 1. The van der Waals surface area contributed by atoms with Crippen molar-refractivity contribution >= 4 is 22.0 Å². The molecule has 0 saturated carbocycles. The summed E-state index contributed by atoms with van der Waals surface area (Å²) in [6, 6.07) is 11.5. The Kier molecular flexibility index (Phi) is 3.94.